The molecular formula is C14H15F2NO. The number of halogens is 2. The summed E-state index contributed by atoms with van der Waals surface area (Å²) < 4.78 is 26.3. The number of carbonyl (C=O) groups is 1. The van der Waals surface area contributed by atoms with Crippen molar-refractivity contribution < 1.29 is 13.6 Å². The number of rotatable bonds is 3. The molecule has 0 aromatic heterocycles. The molecule has 96 valence electrons. The molecular weight excluding hydrogens is 236 g/mol. The van der Waals surface area contributed by atoms with E-state index >= 15 is 0 Å². The van der Waals surface area contributed by atoms with Gasteiger partial charge in [0.15, 0.2) is 0 Å². The summed E-state index contributed by atoms with van der Waals surface area (Å²) >= 11 is 0. The van der Waals surface area contributed by atoms with E-state index in [4.69, 9.17) is 0 Å². The number of carbonyl (C=O) groups excluding carboxylic acids is 1. The molecule has 2 aliphatic rings. The molecule has 4 heteroatoms. The number of benzene rings is 1. The third kappa shape index (κ3) is 2.24. The highest BCUT2D eigenvalue weighted by Crippen LogP contribution is 2.54. The fourth-order valence-corrected chi connectivity index (χ4v) is 2.93. The van der Waals surface area contributed by atoms with Gasteiger partial charge in [0.05, 0.1) is 0 Å². The lowest BCUT2D eigenvalue weighted by molar-refractivity contribution is -0.125. The van der Waals surface area contributed by atoms with Gasteiger partial charge in [-0.05, 0) is 49.3 Å². The molecule has 3 rings (SSSR count). The average molecular weight is 251 g/mol. The van der Waals surface area contributed by atoms with Crippen LogP contribution in [0.25, 0.3) is 0 Å². The Labute approximate surface area is 104 Å². The van der Waals surface area contributed by atoms with Crippen molar-refractivity contribution in [3.8, 4) is 0 Å². The first-order valence-corrected chi connectivity index (χ1v) is 6.35. The van der Waals surface area contributed by atoms with Crippen LogP contribution >= 0.6 is 0 Å². The summed E-state index contributed by atoms with van der Waals surface area (Å²) in [6.07, 6.45) is 3.19. The van der Waals surface area contributed by atoms with Gasteiger partial charge >= 0.3 is 0 Å². The van der Waals surface area contributed by atoms with Gasteiger partial charge in [-0.1, -0.05) is 0 Å². The molecule has 2 saturated carbocycles. The van der Waals surface area contributed by atoms with Gasteiger partial charge in [0, 0.05) is 18.0 Å². The van der Waals surface area contributed by atoms with E-state index in [1.54, 1.807) is 0 Å². The molecule has 2 fully saturated rings. The molecule has 0 aliphatic heterocycles. The van der Waals surface area contributed by atoms with Crippen molar-refractivity contribution in [2.24, 2.45) is 17.8 Å². The molecule has 2 aliphatic carbocycles. The summed E-state index contributed by atoms with van der Waals surface area (Å²) in [7, 11) is 0. The summed E-state index contributed by atoms with van der Waals surface area (Å²) in [4.78, 5) is 11.9. The minimum Gasteiger partial charge on any atom is -0.352 e. The lowest BCUT2D eigenvalue weighted by Gasteiger charge is -2.12. The third-order valence-electron chi connectivity index (χ3n) is 4.08. The van der Waals surface area contributed by atoms with Crippen molar-refractivity contribution in [2.45, 2.75) is 25.8 Å². The minimum absolute atomic E-state index is 0.0224. The lowest BCUT2D eigenvalue weighted by Crippen LogP contribution is -2.29. The van der Waals surface area contributed by atoms with E-state index in [9.17, 15) is 13.6 Å². The fourth-order valence-electron chi connectivity index (χ4n) is 2.93. The zero-order chi connectivity index (χ0) is 12.7. The molecule has 1 aromatic rings. The van der Waals surface area contributed by atoms with Crippen LogP contribution in [0.5, 0.6) is 0 Å². The van der Waals surface area contributed by atoms with Crippen molar-refractivity contribution in [1.82, 2.24) is 5.32 Å². The summed E-state index contributed by atoms with van der Waals surface area (Å²) in [5.41, 5.74) is 0.200. The number of hydrogen-bond donors (Lipinski definition) is 1. The van der Waals surface area contributed by atoms with E-state index in [2.05, 4.69) is 5.32 Å². The topological polar surface area (TPSA) is 29.1 Å². The standard InChI is InChI=1S/C14H15F2NO/c15-12-1-2-13(16)11(6-12)7-17-14(18)10-4-8-3-9(8)5-10/h1-2,6,8-10H,3-5,7H2,(H,17,18). The van der Waals surface area contributed by atoms with Gasteiger partial charge in [-0.15, -0.1) is 0 Å². The third-order valence-corrected chi connectivity index (χ3v) is 4.08. The molecule has 2 nitrogen and oxygen atoms in total. The Morgan fingerprint density at radius 2 is 1.94 bits per heavy atom. The van der Waals surface area contributed by atoms with Gasteiger partial charge in [0.2, 0.25) is 5.91 Å². The lowest BCUT2D eigenvalue weighted by atomic mass is 10.0. The molecule has 1 aromatic carbocycles. The van der Waals surface area contributed by atoms with Crippen LogP contribution in [0.1, 0.15) is 24.8 Å². The number of hydrogen-bond acceptors (Lipinski definition) is 1. The quantitative estimate of drug-likeness (QED) is 0.879. The average Bonchev–Trinajstić information content (AvgIpc) is 2.97. The van der Waals surface area contributed by atoms with Crippen LogP contribution in [0.15, 0.2) is 18.2 Å². The Kier molecular flexibility index (Phi) is 2.80. The maximum Gasteiger partial charge on any atom is 0.223 e. The Hall–Kier alpha value is -1.45. The van der Waals surface area contributed by atoms with Crippen LogP contribution in [-0.2, 0) is 11.3 Å². The molecule has 0 bridgehead atoms. The van der Waals surface area contributed by atoms with Crippen LogP contribution in [0.3, 0.4) is 0 Å². The summed E-state index contributed by atoms with van der Waals surface area (Å²) in [6.45, 7) is 0.0637. The van der Waals surface area contributed by atoms with E-state index in [0.717, 1.165) is 42.9 Å². The van der Waals surface area contributed by atoms with Crippen molar-refractivity contribution >= 4 is 5.91 Å². The Morgan fingerprint density at radius 1 is 1.22 bits per heavy atom. The van der Waals surface area contributed by atoms with E-state index in [0.29, 0.717) is 0 Å². The molecule has 0 heterocycles. The molecule has 2 unspecified atom stereocenters. The zero-order valence-electron chi connectivity index (χ0n) is 9.96. The maximum atomic E-state index is 13.3. The van der Waals surface area contributed by atoms with Crippen molar-refractivity contribution in [1.29, 1.82) is 0 Å². The maximum absolute atomic E-state index is 13.3. The summed E-state index contributed by atoms with van der Waals surface area (Å²) in [5.74, 6) is 0.572. The van der Waals surface area contributed by atoms with Crippen LogP contribution in [-0.4, -0.2) is 5.91 Å². The van der Waals surface area contributed by atoms with Crippen LogP contribution in [0.4, 0.5) is 8.78 Å². The van der Waals surface area contributed by atoms with Crippen LogP contribution < -0.4 is 5.32 Å². The predicted octanol–water partition coefficient (Wildman–Crippen LogP) is 2.63. The Bertz CT molecular complexity index is 479. The fraction of sp³-hybridized carbons (Fsp3) is 0.500. The second kappa shape index (κ2) is 4.34. The van der Waals surface area contributed by atoms with Gasteiger partial charge in [-0.25, -0.2) is 8.78 Å². The second-order valence-corrected chi connectivity index (χ2v) is 5.38. The first-order chi connectivity index (χ1) is 8.63. The van der Waals surface area contributed by atoms with Crippen LogP contribution in [0.2, 0.25) is 0 Å². The summed E-state index contributed by atoms with van der Waals surface area (Å²) in [6, 6.07) is 3.29. The van der Waals surface area contributed by atoms with Gasteiger partial charge in [0.1, 0.15) is 11.6 Å². The predicted molar refractivity (Wildman–Crippen MR) is 62.5 cm³/mol. The molecule has 2 atom stereocenters. The van der Waals surface area contributed by atoms with Crippen molar-refractivity contribution in [2.75, 3.05) is 0 Å². The minimum atomic E-state index is -0.484. The van der Waals surface area contributed by atoms with Gasteiger partial charge in [-0.3, -0.25) is 4.79 Å². The first kappa shape index (κ1) is 11.6. The molecule has 18 heavy (non-hydrogen) atoms. The second-order valence-electron chi connectivity index (χ2n) is 5.38. The molecule has 1 amide bonds. The largest absolute Gasteiger partial charge is 0.352 e. The Morgan fingerprint density at radius 3 is 2.67 bits per heavy atom. The van der Waals surface area contributed by atoms with Gasteiger partial charge < -0.3 is 5.32 Å². The van der Waals surface area contributed by atoms with Crippen molar-refractivity contribution in [3.63, 3.8) is 0 Å². The highest BCUT2D eigenvalue weighted by atomic mass is 19.1. The van der Waals surface area contributed by atoms with Crippen molar-refractivity contribution in [3.05, 3.63) is 35.4 Å². The SMILES string of the molecule is O=C(NCc1cc(F)ccc1F)C1CC2CC2C1. The smallest absolute Gasteiger partial charge is 0.223 e. The van der Waals surface area contributed by atoms with Crippen LogP contribution in [0, 0.1) is 29.4 Å². The molecule has 0 spiro atoms. The number of amides is 1. The van der Waals surface area contributed by atoms with Gasteiger partial charge in [-0.2, -0.15) is 0 Å². The van der Waals surface area contributed by atoms with E-state index in [1.807, 2.05) is 0 Å². The number of fused-ring (bicyclic) bond motifs is 1. The molecule has 0 saturated heterocycles. The zero-order valence-corrected chi connectivity index (χ0v) is 9.96. The highest BCUT2D eigenvalue weighted by Gasteiger charge is 2.47. The first-order valence-electron chi connectivity index (χ1n) is 6.35. The Balaban J connectivity index is 1.57. The monoisotopic (exact) mass is 251 g/mol. The summed E-state index contributed by atoms with van der Waals surface area (Å²) in [5, 5.41) is 2.70. The van der Waals surface area contributed by atoms with E-state index in [1.165, 1.54) is 6.42 Å². The van der Waals surface area contributed by atoms with E-state index in [-0.39, 0.29) is 23.9 Å². The number of nitrogens with one attached hydrogen (secondary N) is 1. The van der Waals surface area contributed by atoms with E-state index < -0.39 is 11.6 Å². The van der Waals surface area contributed by atoms with Gasteiger partial charge in [0.25, 0.3) is 0 Å². The highest BCUT2D eigenvalue weighted by molar-refractivity contribution is 5.79. The molecule has 0 radical (unpaired) electrons. The normalized spacial score (nSPS) is 28.9. The molecule has 1 N–H and O–H groups in total.